The van der Waals surface area contributed by atoms with Crippen LogP contribution in [-0.2, 0) is 0 Å². The summed E-state index contributed by atoms with van der Waals surface area (Å²) in [5, 5.41) is 12.6. The van der Waals surface area contributed by atoms with Crippen molar-refractivity contribution in [3.05, 3.63) is 71.3 Å². The largest absolute Gasteiger partial charge is 0.395 e. The van der Waals surface area contributed by atoms with Crippen molar-refractivity contribution in [2.24, 2.45) is 0 Å². The molecule has 2 aromatic rings. The highest BCUT2D eigenvalue weighted by atomic mass is 19.1. The third-order valence-electron chi connectivity index (χ3n) is 6.51. The van der Waals surface area contributed by atoms with Crippen molar-refractivity contribution in [2.45, 2.75) is 37.8 Å². The molecular formula is C25H29F2N3O2. The van der Waals surface area contributed by atoms with Crippen LogP contribution in [0.4, 0.5) is 19.3 Å². The molecule has 2 saturated heterocycles. The van der Waals surface area contributed by atoms with Gasteiger partial charge < -0.3 is 15.3 Å². The van der Waals surface area contributed by atoms with Crippen molar-refractivity contribution in [1.29, 1.82) is 0 Å². The number of hydrogen-bond donors (Lipinski definition) is 2. The Morgan fingerprint density at radius 2 is 1.91 bits per heavy atom. The first-order valence-corrected chi connectivity index (χ1v) is 11.1. The summed E-state index contributed by atoms with van der Waals surface area (Å²) in [6, 6.07) is 10.9. The molecule has 2 amide bonds. The fourth-order valence-electron chi connectivity index (χ4n) is 4.93. The van der Waals surface area contributed by atoms with E-state index in [1.165, 1.54) is 0 Å². The predicted molar refractivity (Wildman–Crippen MR) is 121 cm³/mol. The van der Waals surface area contributed by atoms with Gasteiger partial charge in [0.1, 0.15) is 11.6 Å². The number of amides is 2. The first-order chi connectivity index (χ1) is 15.5. The number of halogens is 2. The van der Waals surface area contributed by atoms with Crippen LogP contribution in [0.25, 0.3) is 6.08 Å². The lowest BCUT2D eigenvalue weighted by molar-refractivity contribution is -0.0585. The van der Waals surface area contributed by atoms with Crippen LogP contribution in [0.2, 0.25) is 0 Å². The monoisotopic (exact) mass is 441 g/mol. The summed E-state index contributed by atoms with van der Waals surface area (Å²) in [6.45, 7) is 3.91. The van der Waals surface area contributed by atoms with Crippen molar-refractivity contribution in [2.75, 3.05) is 31.6 Å². The molecule has 0 radical (unpaired) electrons. The second-order valence-corrected chi connectivity index (χ2v) is 8.45. The van der Waals surface area contributed by atoms with E-state index in [-0.39, 0.29) is 30.3 Å². The number of carbonyl (C=O) groups excluding carboxylic acids is 1. The Balaban J connectivity index is 1.53. The van der Waals surface area contributed by atoms with E-state index in [2.05, 4.69) is 34.5 Å². The quantitative estimate of drug-likeness (QED) is 0.737. The minimum Gasteiger partial charge on any atom is -0.395 e. The first-order valence-electron chi connectivity index (χ1n) is 11.1. The second-order valence-electron chi connectivity index (χ2n) is 8.45. The van der Waals surface area contributed by atoms with E-state index in [0.717, 1.165) is 48.7 Å². The predicted octanol–water partition coefficient (Wildman–Crippen LogP) is 4.45. The van der Waals surface area contributed by atoms with E-state index >= 15 is 0 Å². The molecule has 0 unspecified atom stereocenters. The summed E-state index contributed by atoms with van der Waals surface area (Å²) >= 11 is 0. The summed E-state index contributed by atoms with van der Waals surface area (Å²) in [6.07, 6.45) is 5.73. The van der Waals surface area contributed by atoms with Gasteiger partial charge in [0, 0.05) is 37.2 Å². The van der Waals surface area contributed by atoms with Crippen LogP contribution in [0.5, 0.6) is 0 Å². The molecule has 32 heavy (non-hydrogen) atoms. The first kappa shape index (κ1) is 22.4. The molecule has 2 heterocycles. The van der Waals surface area contributed by atoms with Gasteiger partial charge in [-0.2, -0.15) is 0 Å². The van der Waals surface area contributed by atoms with E-state index in [1.54, 1.807) is 4.90 Å². The third kappa shape index (κ3) is 4.54. The van der Waals surface area contributed by atoms with Crippen molar-refractivity contribution >= 4 is 17.8 Å². The van der Waals surface area contributed by atoms with Gasteiger partial charge in [0.05, 0.1) is 12.3 Å². The molecule has 0 bridgehead atoms. The molecule has 0 spiro atoms. The van der Waals surface area contributed by atoms with Crippen LogP contribution >= 0.6 is 0 Å². The number of aliphatic hydroxyl groups excluding tert-OH is 1. The average molecular weight is 442 g/mol. The van der Waals surface area contributed by atoms with E-state index in [1.807, 2.05) is 19.1 Å². The highest BCUT2D eigenvalue weighted by Gasteiger charge is 2.49. The minimum atomic E-state index is -0.670. The lowest BCUT2D eigenvalue weighted by Crippen LogP contribution is -2.68. The van der Waals surface area contributed by atoms with Crippen molar-refractivity contribution in [3.8, 4) is 0 Å². The molecule has 3 atom stereocenters. The SMILES string of the molecule is C/C=C/c1ccc([C@@H]2[C@@H](CO)N3CCCCN(C(=O)Nc4cc(F)ccc4F)C[C@H]23)cc1. The maximum Gasteiger partial charge on any atom is 0.321 e. The molecule has 5 nitrogen and oxygen atoms in total. The van der Waals surface area contributed by atoms with Gasteiger partial charge in [0.2, 0.25) is 0 Å². The van der Waals surface area contributed by atoms with E-state index in [4.69, 9.17) is 0 Å². The number of fused-ring (bicyclic) bond motifs is 1. The van der Waals surface area contributed by atoms with Crippen LogP contribution < -0.4 is 5.32 Å². The average Bonchev–Trinajstić information content (AvgIpc) is 2.76. The Kier molecular flexibility index (Phi) is 6.86. The zero-order valence-corrected chi connectivity index (χ0v) is 18.2. The molecule has 170 valence electrons. The van der Waals surface area contributed by atoms with Crippen molar-refractivity contribution in [1.82, 2.24) is 9.80 Å². The number of carbonyl (C=O) groups is 1. The number of benzene rings is 2. The van der Waals surface area contributed by atoms with Gasteiger partial charge in [-0.15, -0.1) is 0 Å². The van der Waals surface area contributed by atoms with Crippen molar-refractivity contribution in [3.63, 3.8) is 0 Å². The molecule has 2 aliphatic rings. The Morgan fingerprint density at radius 3 is 2.62 bits per heavy atom. The number of aliphatic hydroxyl groups is 1. The van der Waals surface area contributed by atoms with Crippen LogP contribution in [0.3, 0.4) is 0 Å². The van der Waals surface area contributed by atoms with Crippen LogP contribution in [-0.4, -0.2) is 59.3 Å². The number of rotatable bonds is 4. The topological polar surface area (TPSA) is 55.8 Å². The number of nitrogens with zero attached hydrogens (tertiary/aromatic N) is 2. The molecule has 0 aliphatic carbocycles. The zero-order valence-electron chi connectivity index (χ0n) is 18.2. The van der Waals surface area contributed by atoms with Crippen LogP contribution in [0.15, 0.2) is 48.5 Å². The summed E-state index contributed by atoms with van der Waals surface area (Å²) in [5.74, 6) is -1.18. The van der Waals surface area contributed by atoms with E-state index in [0.29, 0.717) is 13.1 Å². The second kappa shape index (κ2) is 9.79. The molecule has 2 aromatic carbocycles. The summed E-state index contributed by atoms with van der Waals surface area (Å²) < 4.78 is 27.5. The highest BCUT2D eigenvalue weighted by Crippen LogP contribution is 2.42. The normalized spacial score (nSPS) is 23.9. The summed E-state index contributed by atoms with van der Waals surface area (Å²) in [4.78, 5) is 16.9. The molecular weight excluding hydrogens is 412 g/mol. The maximum atomic E-state index is 14.0. The summed E-state index contributed by atoms with van der Waals surface area (Å²) in [5.41, 5.74) is 2.09. The molecule has 7 heteroatoms. The molecule has 4 rings (SSSR count). The number of anilines is 1. The van der Waals surface area contributed by atoms with E-state index in [9.17, 15) is 18.7 Å². The van der Waals surface area contributed by atoms with Gasteiger partial charge in [-0.25, -0.2) is 13.6 Å². The van der Waals surface area contributed by atoms with Gasteiger partial charge in [-0.1, -0.05) is 36.4 Å². The lowest BCUT2D eigenvalue weighted by atomic mass is 9.74. The third-order valence-corrected chi connectivity index (χ3v) is 6.51. The highest BCUT2D eigenvalue weighted by molar-refractivity contribution is 5.89. The maximum absolute atomic E-state index is 14.0. The van der Waals surface area contributed by atoms with Gasteiger partial charge >= 0.3 is 6.03 Å². The zero-order chi connectivity index (χ0) is 22.7. The Morgan fingerprint density at radius 1 is 1.16 bits per heavy atom. The Bertz CT molecular complexity index is 980. The standard InChI is InChI=1S/C25H29F2N3O2/c1-2-5-17-6-8-18(9-7-17)24-22-15-29(12-3-4-13-30(22)23(24)16-31)25(32)28-21-14-19(26)10-11-20(21)27/h2,5-11,14,22-24,31H,3-4,12-13,15-16H2,1H3,(H,28,32)/b5-2+/t22-,23-,24+/m1/s1. The summed E-state index contributed by atoms with van der Waals surface area (Å²) in [7, 11) is 0. The minimum absolute atomic E-state index is 0.0104. The van der Waals surface area contributed by atoms with Crippen LogP contribution in [0.1, 0.15) is 36.8 Å². The number of allylic oxidation sites excluding steroid dienone is 1. The van der Waals surface area contributed by atoms with Crippen molar-refractivity contribution < 1.29 is 18.7 Å². The number of urea groups is 1. The number of hydrogen-bond acceptors (Lipinski definition) is 3. The molecule has 2 N–H and O–H groups in total. The molecule has 0 saturated carbocycles. The lowest BCUT2D eigenvalue weighted by Gasteiger charge is -2.57. The Hall–Kier alpha value is -2.77. The van der Waals surface area contributed by atoms with Crippen LogP contribution in [0, 0.1) is 11.6 Å². The van der Waals surface area contributed by atoms with Gasteiger partial charge in [0.25, 0.3) is 0 Å². The fourth-order valence-corrected chi connectivity index (χ4v) is 4.93. The molecule has 0 aromatic heterocycles. The van der Waals surface area contributed by atoms with Gasteiger partial charge in [-0.05, 0) is 49.6 Å². The van der Waals surface area contributed by atoms with Gasteiger partial charge in [-0.3, -0.25) is 4.90 Å². The smallest absolute Gasteiger partial charge is 0.321 e. The van der Waals surface area contributed by atoms with Gasteiger partial charge in [0.15, 0.2) is 0 Å². The fraction of sp³-hybridized carbons (Fsp3) is 0.400. The Labute approximate surface area is 187 Å². The van der Waals surface area contributed by atoms with E-state index < -0.39 is 17.7 Å². The molecule has 2 fully saturated rings. The molecule has 2 aliphatic heterocycles. The number of nitrogens with one attached hydrogen (secondary N) is 1.